The molecule has 1 saturated carbocycles. The molecule has 2 aliphatic rings. The van der Waals surface area contributed by atoms with Gasteiger partial charge in [0, 0.05) is 17.4 Å². The number of nitrogens with one attached hydrogen (secondary N) is 1. The second kappa shape index (κ2) is 8.65. The molecule has 0 radical (unpaired) electrons. The number of aromatic nitrogens is 1. The third-order valence-electron chi connectivity index (χ3n) is 5.86. The highest BCUT2D eigenvalue weighted by molar-refractivity contribution is 5.92. The van der Waals surface area contributed by atoms with Crippen LogP contribution in [-0.2, 0) is 9.53 Å². The molecule has 1 atom stereocenters. The van der Waals surface area contributed by atoms with Gasteiger partial charge in [-0.05, 0) is 56.4 Å². The van der Waals surface area contributed by atoms with Crippen molar-refractivity contribution in [2.75, 3.05) is 19.8 Å². The van der Waals surface area contributed by atoms with Crippen molar-refractivity contribution in [3.63, 3.8) is 0 Å². The zero-order valence-electron chi connectivity index (χ0n) is 18.6. The summed E-state index contributed by atoms with van der Waals surface area (Å²) in [5.41, 5.74) is 3.41. The number of carbonyl (C=O) groups is 2. The van der Waals surface area contributed by atoms with Crippen LogP contribution in [0.4, 0.5) is 0 Å². The fourth-order valence-corrected chi connectivity index (χ4v) is 4.19. The van der Waals surface area contributed by atoms with Gasteiger partial charge in [-0.2, -0.15) is 0 Å². The molecule has 0 saturated heterocycles. The summed E-state index contributed by atoms with van der Waals surface area (Å²) in [4.78, 5) is 25.2. The zero-order valence-corrected chi connectivity index (χ0v) is 18.6. The summed E-state index contributed by atoms with van der Waals surface area (Å²) in [5, 5.41) is 2.99. The predicted molar refractivity (Wildman–Crippen MR) is 116 cm³/mol. The Hall–Kier alpha value is -2.96. The van der Waals surface area contributed by atoms with E-state index in [0.717, 1.165) is 29.8 Å². The summed E-state index contributed by atoms with van der Waals surface area (Å²) in [6.07, 6.45) is 2.29. The van der Waals surface area contributed by atoms with Crippen LogP contribution in [-0.4, -0.2) is 36.3 Å². The van der Waals surface area contributed by atoms with E-state index in [9.17, 15) is 9.59 Å². The molecule has 4 rings (SSSR count). The van der Waals surface area contributed by atoms with Gasteiger partial charge in [0.05, 0.1) is 11.6 Å². The number of fused-ring (bicyclic) bond motifs is 1. The summed E-state index contributed by atoms with van der Waals surface area (Å²) in [6.45, 7) is 8.70. The van der Waals surface area contributed by atoms with Gasteiger partial charge in [0.25, 0.3) is 5.91 Å². The van der Waals surface area contributed by atoms with E-state index in [1.54, 1.807) is 0 Å². The van der Waals surface area contributed by atoms with Gasteiger partial charge < -0.3 is 24.1 Å². The average molecular weight is 427 g/mol. The first-order valence-corrected chi connectivity index (χ1v) is 10.9. The van der Waals surface area contributed by atoms with Crippen LogP contribution in [0.2, 0.25) is 0 Å². The van der Waals surface area contributed by atoms with Gasteiger partial charge in [-0.15, -0.1) is 0 Å². The minimum absolute atomic E-state index is 0.139. The van der Waals surface area contributed by atoms with Crippen LogP contribution in [0.15, 0.2) is 24.3 Å². The summed E-state index contributed by atoms with van der Waals surface area (Å²) in [6, 6.07) is 7.79. The quantitative estimate of drug-likeness (QED) is 0.680. The summed E-state index contributed by atoms with van der Waals surface area (Å²) in [5.74, 6) is 0.732. The SMILES string of the molecule is Cc1cc(C(=O)OCC(=O)N[C@@H](c2ccc3c(c2)OCCO3)C(C)C)c(C)n1C1CC1. The number of hydrogen-bond donors (Lipinski definition) is 1. The molecule has 0 unspecified atom stereocenters. The highest BCUT2D eigenvalue weighted by atomic mass is 16.6. The number of aryl methyl sites for hydroxylation is 1. The van der Waals surface area contributed by atoms with Crippen LogP contribution in [0, 0.1) is 19.8 Å². The molecule has 7 heteroatoms. The number of carbonyl (C=O) groups excluding carboxylic acids is 2. The Morgan fingerprint density at radius 1 is 1.13 bits per heavy atom. The third-order valence-corrected chi connectivity index (χ3v) is 5.86. The minimum Gasteiger partial charge on any atom is -0.486 e. The first kappa shape index (κ1) is 21.3. The first-order valence-electron chi connectivity index (χ1n) is 10.9. The molecule has 0 bridgehead atoms. The van der Waals surface area contributed by atoms with E-state index in [2.05, 4.69) is 9.88 Å². The van der Waals surface area contributed by atoms with Crippen molar-refractivity contribution in [2.24, 2.45) is 5.92 Å². The molecule has 0 spiro atoms. The van der Waals surface area contributed by atoms with E-state index in [1.807, 2.05) is 52.0 Å². The van der Waals surface area contributed by atoms with Crippen LogP contribution in [0.5, 0.6) is 11.5 Å². The van der Waals surface area contributed by atoms with Crippen LogP contribution >= 0.6 is 0 Å². The van der Waals surface area contributed by atoms with Crippen LogP contribution < -0.4 is 14.8 Å². The number of amides is 1. The largest absolute Gasteiger partial charge is 0.486 e. The second-order valence-corrected chi connectivity index (χ2v) is 8.65. The molecule has 166 valence electrons. The van der Waals surface area contributed by atoms with Crippen LogP contribution in [0.3, 0.4) is 0 Å². The Labute approximate surface area is 182 Å². The lowest BCUT2D eigenvalue weighted by Gasteiger charge is -2.25. The fraction of sp³-hybridized carbons (Fsp3) is 0.500. The highest BCUT2D eigenvalue weighted by Gasteiger charge is 2.29. The monoisotopic (exact) mass is 426 g/mol. The molecule has 2 aromatic rings. The van der Waals surface area contributed by atoms with Gasteiger partial charge in [-0.1, -0.05) is 19.9 Å². The van der Waals surface area contributed by atoms with Crippen LogP contribution in [0.25, 0.3) is 0 Å². The lowest BCUT2D eigenvalue weighted by atomic mass is 9.95. The second-order valence-electron chi connectivity index (χ2n) is 8.65. The molecule has 1 amide bonds. The van der Waals surface area contributed by atoms with Crippen molar-refractivity contribution in [2.45, 2.75) is 52.6 Å². The topological polar surface area (TPSA) is 78.8 Å². The summed E-state index contributed by atoms with van der Waals surface area (Å²) < 4.78 is 18.8. The van der Waals surface area contributed by atoms with Crippen molar-refractivity contribution in [3.8, 4) is 11.5 Å². The van der Waals surface area contributed by atoms with Crippen molar-refractivity contribution >= 4 is 11.9 Å². The Morgan fingerprint density at radius 2 is 1.84 bits per heavy atom. The van der Waals surface area contributed by atoms with Gasteiger partial charge in [0.15, 0.2) is 18.1 Å². The van der Waals surface area contributed by atoms with Gasteiger partial charge in [0.1, 0.15) is 13.2 Å². The van der Waals surface area contributed by atoms with Crippen molar-refractivity contribution in [3.05, 3.63) is 46.8 Å². The molecule has 2 heterocycles. The summed E-state index contributed by atoms with van der Waals surface area (Å²) >= 11 is 0. The molecule has 1 aromatic heterocycles. The number of hydrogen-bond acceptors (Lipinski definition) is 5. The fourth-order valence-electron chi connectivity index (χ4n) is 4.19. The highest BCUT2D eigenvalue weighted by Crippen LogP contribution is 2.38. The standard InChI is InChI=1S/C24H30N2O5/c1-14(2)23(17-5-8-20-21(12-17)30-10-9-29-20)25-22(27)13-31-24(28)19-11-15(3)26(16(19)4)18-6-7-18/h5,8,11-12,14,18,23H,6-7,9-10,13H2,1-4H3,(H,25,27)/t23-/m1/s1. The molecule has 7 nitrogen and oxygen atoms in total. The average Bonchev–Trinajstić information content (AvgIpc) is 3.54. The van der Waals surface area contributed by atoms with Crippen molar-refractivity contribution < 1.29 is 23.8 Å². The Balaban J connectivity index is 1.39. The van der Waals surface area contributed by atoms with Gasteiger partial charge in [-0.25, -0.2) is 4.79 Å². The van der Waals surface area contributed by atoms with Crippen molar-refractivity contribution in [1.82, 2.24) is 9.88 Å². The zero-order chi connectivity index (χ0) is 22.1. The van der Waals surface area contributed by atoms with E-state index < -0.39 is 5.97 Å². The predicted octanol–water partition coefficient (Wildman–Crippen LogP) is 3.88. The first-order chi connectivity index (χ1) is 14.8. The molecular weight excluding hydrogens is 396 g/mol. The third kappa shape index (κ3) is 4.55. The number of benzene rings is 1. The number of ether oxygens (including phenoxy) is 3. The molecule has 1 aliphatic heterocycles. The van der Waals surface area contributed by atoms with Gasteiger partial charge >= 0.3 is 5.97 Å². The molecular formula is C24H30N2O5. The lowest BCUT2D eigenvalue weighted by molar-refractivity contribution is -0.125. The number of esters is 1. The number of rotatable bonds is 7. The van der Waals surface area contributed by atoms with Crippen LogP contribution in [0.1, 0.15) is 66.1 Å². The summed E-state index contributed by atoms with van der Waals surface area (Å²) in [7, 11) is 0. The molecule has 1 aromatic carbocycles. The Morgan fingerprint density at radius 3 is 2.52 bits per heavy atom. The van der Waals surface area contributed by atoms with Gasteiger partial charge in [0.2, 0.25) is 0 Å². The maximum Gasteiger partial charge on any atom is 0.340 e. The maximum atomic E-state index is 12.6. The normalized spacial score (nSPS) is 16.2. The molecule has 1 fully saturated rings. The number of nitrogens with zero attached hydrogens (tertiary/aromatic N) is 1. The molecule has 31 heavy (non-hydrogen) atoms. The van der Waals surface area contributed by atoms with Gasteiger partial charge in [-0.3, -0.25) is 4.79 Å². The minimum atomic E-state index is -0.462. The lowest BCUT2D eigenvalue weighted by Crippen LogP contribution is -2.35. The molecule has 1 aliphatic carbocycles. The Kier molecular flexibility index (Phi) is 5.94. The van der Waals surface area contributed by atoms with E-state index in [0.29, 0.717) is 36.3 Å². The smallest absolute Gasteiger partial charge is 0.340 e. The molecule has 1 N–H and O–H groups in total. The Bertz CT molecular complexity index is 990. The van der Waals surface area contributed by atoms with Crippen molar-refractivity contribution in [1.29, 1.82) is 0 Å². The van der Waals surface area contributed by atoms with E-state index >= 15 is 0 Å². The van der Waals surface area contributed by atoms with E-state index in [4.69, 9.17) is 14.2 Å². The van der Waals surface area contributed by atoms with E-state index in [-0.39, 0.29) is 24.5 Å². The maximum absolute atomic E-state index is 12.6. The van der Waals surface area contributed by atoms with E-state index in [1.165, 1.54) is 0 Å².